The molecular formula is C18H18NO4S+. The van der Waals surface area contributed by atoms with Gasteiger partial charge in [-0.05, 0) is 16.8 Å². The molecule has 1 fully saturated rings. The van der Waals surface area contributed by atoms with Crippen LogP contribution in [0.4, 0.5) is 0 Å². The van der Waals surface area contributed by atoms with Crippen LogP contribution in [0.15, 0.2) is 51.7 Å². The SMILES string of the molecule is O=c1cc(C[NH2+][C@H]2CCS(=O)(=O)C2)c2c(ccc3ccccc32)o1. The summed E-state index contributed by atoms with van der Waals surface area (Å²) in [7, 11) is -2.90. The Morgan fingerprint density at radius 3 is 2.79 bits per heavy atom. The lowest BCUT2D eigenvalue weighted by Gasteiger charge is -2.10. The predicted molar refractivity (Wildman–Crippen MR) is 92.7 cm³/mol. The Hall–Kier alpha value is -2.18. The van der Waals surface area contributed by atoms with Gasteiger partial charge in [0.25, 0.3) is 0 Å². The Morgan fingerprint density at radius 2 is 2.00 bits per heavy atom. The number of rotatable bonds is 3. The van der Waals surface area contributed by atoms with E-state index in [1.807, 2.05) is 41.7 Å². The van der Waals surface area contributed by atoms with E-state index in [2.05, 4.69) is 0 Å². The largest absolute Gasteiger partial charge is 0.423 e. The van der Waals surface area contributed by atoms with E-state index < -0.39 is 9.84 Å². The molecule has 2 N–H and O–H groups in total. The Labute approximate surface area is 139 Å². The number of quaternary nitrogens is 1. The van der Waals surface area contributed by atoms with E-state index in [4.69, 9.17) is 4.42 Å². The quantitative estimate of drug-likeness (QED) is 0.572. The van der Waals surface area contributed by atoms with Crippen molar-refractivity contribution in [2.45, 2.75) is 19.0 Å². The summed E-state index contributed by atoms with van der Waals surface area (Å²) >= 11 is 0. The first-order valence-corrected chi connectivity index (χ1v) is 9.82. The van der Waals surface area contributed by atoms with Crippen molar-refractivity contribution in [2.24, 2.45) is 0 Å². The first-order valence-electron chi connectivity index (χ1n) is 8.00. The number of nitrogens with two attached hydrogens (primary N) is 1. The Balaban J connectivity index is 1.76. The lowest BCUT2D eigenvalue weighted by molar-refractivity contribution is -0.699. The van der Waals surface area contributed by atoms with Crippen LogP contribution in [-0.2, 0) is 16.4 Å². The number of fused-ring (bicyclic) bond motifs is 3. The summed E-state index contributed by atoms with van der Waals surface area (Å²) in [5.74, 6) is 0.474. The van der Waals surface area contributed by atoms with Crippen LogP contribution in [0.25, 0.3) is 21.7 Å². The number of sulfone groups is 1. The maximum Gasteiger partial charge on any atom is 0.336 e. The molecule has 6 heteroatoms. The van der Waals surface area contributed by atoms with Crippen molar-refractivity contribution < 1.29 is 18.2 Å². The molecule has 5 nitrogen and oxygen atoms in total. The van der Waals surface area contributed by atoms with Crippen molar-refractivity contribution in [3.05, 3.63) is 58.4 Å². The second-order valence-electron chi connectivity index (χ2n) is 6.35. The molecule has 0 amide bonds. The van der Waals surface area contributed by atoms with Gasteiger partial charge in [0.2, 0.25) is 0 Å². The van der Waals surface area contributed by atoms with Crippen molar-refractivity contribution in [2.75, 3.05) is 11.5 Å². The van der Waals surface area contributed by atoms with Gasteiger partial charge in [0.05, 0.1) is 5.75 Å². The van der Waals surface area contributed by atoms with E-state index in [9.17, 15) is 13.2 Å². The van der Waals surface area contributed by atoms with Gasteiger partial charge in [-0.3, -0.25) is 0 Å². The van der Waals surface area contributed by atoms with Gasteiger partial charge in [-0.2, -0.15) is 0 Å². The normalized spacial score (nSPS) is 19.9. The summed E-state index contributed by atoms with van der Waals surface area (Å²) in [5, 5.41) is 5.09. The van der Waals surface area contributed by atoms with E-state index in [0.717, 1.165) is 21.7 Å². The number of benzene rings is 2. The zero-order valence-electron chi connectivity index (χ0n) is 13.1. The first kappa shape index (κ1) is 15.4. The molecule has 0 bridgehead atoms. The van der Waals surface area contributed by atoms with E-state index in [-0.39, 0.29) is 23.2 Å². The zero-order valence-corrected chi connectivity index (χ0v) is 13.9. The highest BCUT2D eigenvalue weighted by Gasteiger charge is 2.30. The van der Waals surface area contributed by atoms with Crippen LogP contribution in [0.3, 0.4) is 0 Å². The highest BCUT2D eigenvalue weighted by atomic mass is 32.2. The van der Waals surface area contributed by atoms with Crippen LogP contribution < -0.4 is 10.9 Å². The Kier molecular flexibility index (Phi) is 3.66. The summed E-state index contributed by atoms with van der Waals surface area (Å²) in [6.07, 6.45) is 0.669. The van der Waals surface area contributed by atoms with Gasteiger partial charge in [-0.25, -0.2) is 13.2 Å². The fraction of sp³-hybridized carbons (Fsp3) is 0.278. The fourth-order valence-corrected chi connectivity index (χ4v) is 5.27. The maximum atomic E-state index is 11.9. The van der Waals surface area contributed by atoms with Gasteiger partial charge in [-0.1, -0.05) is 30.3 Å². The lowest BCUT2D eigenvalue weighted by atomic mass is 10.0. The molecule has 0 saturated carbocycles. The minimum Gasteiger partial charge on any atom is -0.423 e. The summed E-state index contributed by atoms with van der Waals surface area (Å²) < 4.78 is 28.6. The summed E-state index contributed by atoms with van der Waals surface area (Å²) in [6, 6.07) is 13.3. The van der Waals surface area contributed by atoms with Crippen molar-refractivity contribution in [1.29, 1.82) is 0 Å². The van der Waals surface area contributed by atoms with Crippen molar-refractivity contribution in [3.8, 4) is 0 Å². The molecular weight excluding hydrogens is 326 g/mol. The molecule has 0 spiro atoms. The van der Waals surface area contributed by atoms with Gasteiger partial charge in [0.1, 0.15) is 23.9 Å². The third-order valence-corrected chi connectivity index (χ3v) is 6.45. The maximum absolute atomic E-state index is 11.9. The van der Waals surface area contributed by atoms with Gasteiger partial charge in [0, 0.05) is 23.4 Å². The van der Waals surface area contributed by atoms with Gasteiger partial charge in [0.15, 0.2) is 9.84 Å². The topological polar surface area (TPSA) is 81.0 Å². The number of hydrogen-bond acceptors (Lipinski definition) is 4. The lowest BCUT2D eigenvalue weighted by Crippen LogP contribution is -2.89. The molecule has 124 valence electrons. The molecule has 0 aliphatic carbocycles. The average molecular weight is 344 g/mol. The van der Waals surface area contributed by atoms with Crippen LogP contribution >= 0.6 is 0 Å². The molecule has 1 aliphatic rings. The van der Waals surface area contributed by atoms with E-state index in [0.29, 0.717) is 18.5 Å². The van der Waals surface area contributed by atoms with Crippen LogP contribution in [0, 0.1) is 0 Å². The van der Waals surface area contributed by atoms with Gasteiger partial charge < -0.3 is 9.73 Å². The van der Waals surface area contributed by atoms with Crippen LogP contribution in [-0.4, -0.2) is 26.0 Å². The molecule has 24 heavy (non-hydrogen) atoms. The minimum atomic E-state index is -2.90. The smallest absolute Gasteiger partial charge is 0.336 e. The molecule has 3 aromatic rings. The summed E-state index contributed by atoms with van der Waals surface area (Å²) in [6.45, 7) is 0.566. The van der Waals surface area contributed by atoms with E-state index >= 15 is 0 Å². The van der Waals surface area contributed by atoms with Gasteiger partial charge >= 0.3 is 5.63 Å². The van der Waals surface area contributed by atoms with Crippen molar-refractivity contribution in [3.63, 3.8) is 0 Å². The molecule has 0 radical (unpaired) electrons. The molecule has 2 heterocycles. The second-order valence-corrected chi connectivity index (χ2v) is 8.58. The molecule has 1 atom stereocenters. The Bertz CT molecular complexity index is 1090. The van der Waals surface area contributed by atoms with E-state index in [1.165, 1.54) is 6.07 Å². The first-order chi connectivity index (χ1) is 11.5. The molecule has 4 rings (SSSR count). The minimum absolute atomic E-state index is 0.0623. The monoisotopic (exact) mass is 344 g/mol. The summed E-state index contributed by atoms with van der Waals surface area (Å²) in [5.41, 5.74) is 1.09. The van der Waals surface area contributed by atoms with E-state index in [1.54, 1.807) is 0 Å². The average Bonchev–Trinajstić information content (AvgIpc) is 2.91. The molecule has 1 aliphatic heterocycles. The van der Waals surface area contributed by atoms with Crippen LogP contribution in [0.2, 0.25) is 0 Å². The molecule has 1 saturated heterocycles. The third kappa shape index (κ3) is 2.83. The highest BCUT2D eigenvalue weighted by molar-refractivity contribution is 7.91. The highest BCUT2D eigenvalue weighted by Crippen LogP contribution is 2.27. The zero-order chi connectivity index (χ0) is 16.7. The third-order valence-electron chi connectivity index (χ3n) is 4.65. The van der Waals surface area contributed by atoms with Crippen molar-refractivity contribution in [1.82, 2.24) is 0 Å². The Morgan fingerprint density at radius 1 is 1.17 bits per heavy atom. The van der Waals surface area contributed by atoms with Crippen LogP contribution in [0.5, 0.6) is 0 Å². The fourth-order valence-electron chi connectivity index (χ4n) is 3.48. The van der Waals surface area contributed by atoms with Crippen LogP contribution in [0.1, 0.15) is 12.0 Å². The second kappa shape index (κ2) is 5.72. The van der Waals surface area contributed by atoms with Gasteiger partial charge in [-0.15, -0.1) is 0 Å². The molecule has 2 aromatic carbocycles. The predicted octanol–water partition coefficient (Wildman–Crippen LogP) is 1.20. The summed E-state index contributed by atoms with van der Waals surface area (Å²) in [4.78, 5) is 11.9. The molecule has 1 aromatic heterocycles. The standard InChI is InChI=1S/C18H17NO4S/c20-17-9-13(10-19-14-7-8-24(21,22)11-14)18-15-4-2-1-3-12(15)5-6-16(18)23-17/h1-6,9,14,19H,7-8,10-11H2/p+1/t14-/m0/s1. The molecule has 0 unspecified atom stereocenters. The number of hydrogen-bond donors (Lipinski definition) is 1. The van der Waals surface area contributed by atoms with Crippen molar-refractivity contribution >= 4 is 31.6 Å².